The fourth-order valence-electron chi connectivity index (χ4n) is 2.15. The maximum Gasteiger partial charge on any atom is 0.491 e. The Kier molecular flexibility index (Phi) is 5.79. The quantitative estimate of drug-likeness (QED) is 0.379. The van der Waals surface area contributed by atoms with Crippen LogP contribution in [0.4, 0.5) is 0 Å². The number of rotatable bonds is 5. The van der Waals surface area contributed by atoms with Gasteiger partial charge in [0.2, 0.25) is 0 Å². The van der Waals surface area contributed by atoms with Crippen LogP contribution in [0, 0.1) is 0 Å². The summed E-state index contributed by atoms with van der Waals surface area (Å²) >= 11 is 7.72. The van der Waals surface area contributed by atoms with E-state index in [-0.39, 0.29) is 11.2 Å². The number of hydrogen-bond donors (Lipinski definition) is 1. The Morgan fingerprint density at radius 1 is 1.35 bits per heavy atom. The molecule has 2 rings (SSSR count). The van der Waals surface area contributed by atoms with Crippen molar-refractivity contribution in [3.05, 3.63) is 22.4 Å². The maximum atomic E-state index is 6.26. The van der Waals surface area contributed by atoms with E-state index in [1.54, 1.807) is 6.20 Å². The van der Waals surface area contributed by atoms with E-state index in [0.29, 0.717) is 16.9 Å². The Balaban J connectivity index is 2.32. The van der Waals surface area contributed by atoms with E-state index in [2.05, 4.69) is 15.3 Å². The van der Waals surface area contributed by atoms with Crippen molar-refractivity contribution >= 4 is 36.6 Å². The van der Waals surface area contributed by atoms with Crippen molar-refractivity contribution < 1.29 is 9.31 Å². The minimum absolute atomic E-state index is 0.381. The molecule has 2 heterocycles. The molecule has 126 valence electrons. The summed E-state index contributed by atoms with van der Waals surface area (Å²) in [6.07, 6.45) is 5.57. The van der Waals surface area contributed by atoms with E-state index in [1.807, 2.05) is 47.1 Å². The Morgan fingerprint density at radius 3 is 2.43 bits per heavy atom. The second-order valence-electron chi connectivity index (χ2n) is 6.44. The van der Waals surface area contributed by atoms with Gasteiger partial charge in [-0.05, 0) is 46.5 Å². The predicted molar refractivity (Wildman–Crippen MR) is 96.8 cm³/mol. The lowest BCUT2D eigenvalue weighted by molar-refractivity contribution is 0.00578. The molecule has 0 unspecified atom stereocenters. The zero-order chi connectivity index (χ0) is 17.3. The molecule has 0 aromatic carbocycles. The van der Waals surface area contributed by atoms with Gasteiger partial charge >= 0.3 is 7.12 Å². The Morgan fingerprint density at radius 2 is 1.96 bits per heavy atom. The fourth-order valence-corrected chi connectivity index (χ4v) is 2.73. The SMILES string of the molecule is CNCC(=Cc1cnc(SC)nc1Cl)B1OC(C)(C)C(C)(C)O1. The third-order valence-electron chi connectivity index (χ3n) is 4.21. The van der Waals surface area contributed by atoms with Gasteiger partial charge in [-0.1, -0.05) is 29.4 Å². The highest BCUT2D eigenvalue weighted by Gasteiger charge is 2.52. The molecular formula is C15H23BClN3O2S. The standard InChI is InChI=1S/C15H23BClN3O2S/c1-14(2)15(3,4)22-16(21-14)11(9-18-5)7-10-8-19-13(23-6)20-12(10)17/h7-8,18H,9H2,1-6H3. The van der Waals surface area contributed by atoms with Gasteiger partial charge in [-0.3, -0.25) is 0 Å². The predicted octanol–water partition coefficient (Wildman–Crippen LogP) is 3.09. The normalized spacial score (nSPS) is 20.1. The van der Waals surface area contributed by atoms with Gasteiger partial charge in [0.25, 0.3) is 0 Å². The van der Waals surface area contributed by atoms with Crippen molar-refractivity contribution in [3.8, 4) is 0 Å². The molecule has 0 radical (unpaired) electrons. The highest BCUT2D eigenvalue weighted by Crippen LogP contribution is 2.38. The average molecular weight is 356 g/mol. The number of hydrogen-bond acceptors (Lipinski definition) is 6. The van der Waals surface area contributed by atoms with Crippen LogP contribution in [-0.4, -0.2) is 48.1 Å². The molecule has 0 bridgehead atoms. The second-order valence-corrected chi connectivity index (χ2v) is 7.57. The zero-order valence-corrected chi connectivity index (χ0v) is 16.0. The molecule has 1 N–H and O–H groups in total. The van der Waals surface area contributed by atoms with E-state index in [1.165, 1.54) is 11.8 Å². The molecule has 1 fully saturated rings. The smallest absolute Gasteiger partial charge is 0.400 e. The summed E-state index contributed by atoms with van der Waals surface area (Å²) in [5, 5.41) is 4.22. The van der Waals surface area contributed by atoms with Crippen LogP contribution in [0.15, 0.2) is 16.8 Å². The van der Waals surface area contributed by atoms with E-state index >= 15 is 0 Å². The van der Waals surface area contributed by atoms with Crippen LogP contribution in [0.2, 0.25) is 5.15 Å². The first-order valence-corrected chi connectivity index (χ1v) is 9.07. The first-order valence-electron chi connectivity index (χ1n) is 7.47. The summed E-state index contributed by atoms with van der Waals surface area (Å²) in [6, 6.07) is 0. The molecule has 0 spiro atoms. The van der Waals surface area contributed by atoms with Crippen LogP contribution >= 0.6 is 23.4 Å². The first kappa shape index (κ1) is 18.7. The number of nitrogens with zero attached hydrogens (tertiary/aromatic N) is 2. The molecule has 1 aliphatic heterocycles. The third-order valence-corrected chi connectivity index (χ3v) is 5.07. The minimum Gasteiger partial charge on any atom is -0.400 e. The van der Waals surface area contributed by atoms with Crippen LogP contribution < -0.4 is 5.32 Å². The van der Waals surface area contributed by atoms with Crippen LogP contribution in [-0.2, 0) is 9.31 Å². The summed E-state index contributed by atoms with van der Waals surface area (Å²) in [5.41, 5.74) is 0.944. The highest BCUT2D eigenvalue weighted by atomic mass is 35.5. The summed E-state index contributed by atoms with van der Waals surface area (Å²) in [5.74, 6) is 0. The summed E-state index contributed by atoms with van der Waals surface area (Å²) in [4.78, 5) is 8.54. The monoisotopic (exact) mass is 355 g/mol. The largest absolute Gasteiger partial charge is 0.491 e. The number of thioether (sulfide) groups is 1. The number of aromatic nitrogens is 2. The first-order chi connectivity index (χ1) is 10.7. The van der Waals surface area contributed by atoms with Crippen molar-refractivity contribution in [1.29, 1.82) is 0 Å². The molecule has 0 amide bonds. The Hall–Kier alpha value is -0.595. The molecule has 8 heteroatoms. The van der Waals surface area contributed by atoms with Crippen LogP contribution in [0.25, 0.3) is 6.08 Å². The second kappa shape index (κ2) is 7.11. The van der Waals surface area contributed by atoms with Crippen molar-refractivity contribution in [3.63, 3.8) is 0 Å². The van der Waals surface area contributed by atoms with E-state index in [9.17, 15) is 0 Å². The summed E-state index contributed by atoms with van der Waals surface area (Å²) in [7, 11) is 1.46. The number of halogens is 1. The molecule has 0 atom stereocenters. The topological polar surface area (TPSA) is 56.3 Å². The van der Waals surface area contributed by atoms with Crippen molar-refractivity contribution in [2.45, 2.75) is 44.1 Å². The maximum absolute atomic E-state index is 6.26. The number of nitrogens with one attached hydrogen (secondary N) is 1. The van der Waals surface area contributed by atoms with Crippen molar-refractivity contribution in [2.24, 2.45) is 0 Å². The van der Waals surface area contributed by atoms with Gasteiger partial charge < -0.3 is 14.6 Å². The third kappa shape index (κ3) is 4.09. The number of likely N-dealkylation sites (N-methyl/N-ethyl adjacent to an activating group) is 1. The molecule has 1 aliphatic rings. The molecule has 23 heavy (non-hydrogen) atoms. The zero-order valence-electron chi connectivity index (χ0n) is 14.4. The summed E-state index contributed by atoms with van der Waals surface area (Å²) in [6.45, 7) is 8.76. The molecule has 5 nitrogen and oxygen atoms in total. The van der Waals surface area contributed by atoms with Crippen molar-refractivity contribution in [1.82, 2.24) is 15.3 Å². The van der Waals surface area contributed by atoms with Gasteiger partial charge in [-0.2, -0.15) is 0 Å². The van der Waals surface area contributed by atoms with E-state index < -0.39 is 7.12 Å². The lowest BCUT2D eigenvalue weighted by atomic mass is 9.77. The van der Waals surface area contributed by atoms with Gasteiger partial charge in [0, 0.05) is 18.3 Å². The lowest BCUT2D eigenvalue weighted by Crippen LogP contribution is -2.41. The molecule has 0 saturated carbocycles. The average Bonchev–Trinajstić information content (AvgIpc) is 2.68. The highest BCUT2D eigenvalue weighted by molar-refractivity contribution is 7.98. The van der Waals surface area contributed by atoms with Crippen LogP contribution in [0.1, 0.15) is 33.3 Å². The fraction of sp³-hybridized carbons (Fsp3) is 0.600. The van der Waals surface area contributed by atoms with Gasteiger partial charge in [0.1, 0.15) is 5.15 Å². The molecule has 0 aliphatic carbocycles. The molecule has 1 aromatic rings. The van der Waals surface area contributed by atoms with Crippen LogP contribution in [0.5, 0.6) is 0 Å². The minimum atomic E-state index is -0.427. The molecular weight excluding hydrogens is 333 g/mol. The Labute approximate surface area is 147 Å². The van der Waals surface area contributed by atoms with Gasteiger partial charge in [-0.15, -0.1) is 0 Å². The molecule has 1 saturated heterocycles. The lowest BCUT2D eigenvalue weighted by Gasteiger charge is -2.32. The van der Waals surface area contributed by atoms with Gasteiger partial charge in [0.15, 0.2) is 5.16 Å². The van der Waals surface area contributed by atoms with Crippen molar-refractivity contribution in [2.75, 3.05) is 19.8 Å². The Bertz CT molecular complexity index is 594. The van der Waals surface area contributed by atoms with Crippen LogP contribution in [0.3, 0.4) is 0 Å². The summed E-state index contributed by atoms with van der Waals surface area (Å²) < 4.78 is 12.2. The molecule has 1 aromatic heterocycles. The van der Waals surface area contributed by atoms with E-state index in [0.717, 1.165) is 11.0 Å². The van der Waals surface area contributed by atoms with Gasteiger partial charge in [0.05, 0.1) is 11.2 Å². The van der Waals surface area contributed by atoms with Gasteiger partial charge in [-0.25, -0.2) is 9.97 Å². The van der Waals surface area contributed by atoms with E-state index in [4.69, 9.17) is 20.9 Å².